The highest BCUT2D eigenvalue weighted by molar-refractivity contribution is 7.98. The lowest BCUT2D eigenvalue weighted by Crippen LogP contribution is -2.32. The second-order valence-electron chi connectivity index (χ2n) is 4.24. The van der Waals surface area contributed by atoms with Gasteiger partial charge < -0.3 is 11.1 Å². The maximum Gasteiger partial charge on any atom is 0.251 e. The fourth-order valence-electron chi connectivity index (χ4n) is 1.53. The van der Waals surface area contributed by atoms with Crippen LogP contribution < -0.4 is 11.1 Å². The molecule has 0 bridgehead atoms. The van der Waals surface area contributed by atoms with Crippen molar-refractivity contribution < 1.29 is 4.79 Å². The van der Waals surface area contributed by atoms with Gasteiger partial charge in [-0.15, -0.1) is 0 Å². The largest absolute Gasteiger partial charge is 0.350 e. The Morgan fingerprint density at radius 1 is 1.42 bits per heavy atom. The first-order valence-electron chi connectivity index (χ1n) is 6.26. The molecule has 3 nitrogen and oxygen atoms in total. The third kappa shape index (κ3) is 5.82. The topological polar surface area (TPSA) is 55.1 Å². The summed E-state index contributed by atoms with van der Waals surface area (Å²) in [5, 5.41) is 2.99. The Hall–Kier alpha value is -1.44. The first kappa shape index (κ1) is 15.6. The molecule has 0 spiro atoms. The molecule has 0 aliphatic rings. The molecule has 0 saturated heterocycles. The van der Waals surface area contributed by atoms with Gasteiger partial charge in [0.25, 0.3) is 5.91 Å². The van der Waals surface area contributed by atoms with Crippen LogP contribution in [-0.2, 0) is 0 Å². The maximum absolute atomic E-state index is 12.0. The van der Waals surface area contributed by atoms with Crippen LogP contribution in [0.5, 0.6) is 0 Å². The zero-order valence-electron chi connectivity index (χ0n) is 11.4. The molecule has 0 heterocycles. The molecule has 19 heavy (non-hydrogen) atoms. The zero-order valence-corrected chi connectivity index (χ0v) is 12.2. The van der Waals surface area contributed by atoms with Crippen LogP contribution in [0.1, 0.15) is 29.3 Å². The van der Waals surface area contributed by atoms with Crippen molar-refractivity contribution in [2.75, 3.05) is 18.6 Å². The summed E-state index contributed by atoms with van der Waals surface area (Å²) in [6.45, 7) is 2.37. The number of rotatable bonds is 5. The summed E-state index contributed by atoms with van der Waals surface area (Å²) in [7, 11) is 0. The second kappa shape index (κ2) is 8.63. The van der Waals surface area contributed by atoms with Gasteiger partial charge in [-0.25, -0.2) is 0 Å². The van der Waals surface area contributed by atoms with Crippen molar-refractivity contribution in [3.63, 3.8) is 0 Å². The molecule has 1 amide bonds. The van der Waals surface area contributed by atoms with Crippen LogP contribution in [-0.4, -0.2) is 30.5 Å². The van der Waals surface area contributed by atoms with Gasteiger partial charge in [0, 0.05) is 17.2 Å². The summed E-state index contributed by atoms with van der Waals surface area (Å²) >= 11 is 1.79. The number of hydrogen-bond acceptors (Lipinski definition) is 3. The summed E-state index contributed by atoms with van der Waals surface area (Å²) in [5.74, 6) is 6.73. The minimum absolute atomic E-state index is 0.0352. The molecule has 0 aromatic heterocycles. The van der Waals surface area contributed by atoms with E-state index in [1.165, 1.54) is 0 Å². The van der Waals surface area contributed by atoms with Gasteiger partial charge in [0.15, 0.2) is 0 Å². The third-order valence-corrected chi connectivity index (χ3v) is 3.26. The lowest BCUT2D eigenvalue weighted by molar-refractivity contribution is 0.0939. The molecule has 3 N–H and O–H groups in total. The molecular weight excluding hydrogens is 256 g/mol. The van der Waals surface area contributed by atoms with E-state index in [9.17, 15) is 4.79 Å². The molecule has 0 aliphatic carbocycles. The predicted octanol–water partition coefficient (Wildman–Crippen LogP) is 1.87. The third-order valence-electron chi connectivity index (χ3n) is 2.61. The Morgan fingerprint density at radius 2 is 2.11 bits per heavy atom. The molecule has 1 unspecified atom stereocenters. The average molecular weight is 276 g/mol. The zero-order chi connectivity index (χ0) is 14.1. The van der Waals surface area contributed by atoms with Gasteiger partial charge >= 0.3 is 0 Å². The minimum Gasteiger partial charge on any atom is -0.350 e. The molecule has 4 heteroatoms. The second-order valence-corrected chi connectivity index (χ2v) is 5.22. The summed E-state index contributed by atoms with van der Waals surface area (Å²) in [5.41, 5.74) is 6.84. The van der Waals surface area contributed by atoms with Crippen molar-refractivity contribution in [1.29, 1.82) is 0 Å². The maximum atomic E-state index is 12.0. The van der Waals surface area contributed by atoms with Gasteiger partial charge in [-0.1, -0.05) is 11.8 Å². The Bertz CT molecular complexity index is 459. The van der Waals surface area contributed by atoms with Crippen LogP contribution >= 0.6 is 11.8 Å². The highest BCUT2D eigenvalue weighted by atomic mass is 32.2. The van der Waals surface area contributed by atoms with Crippen molar-refractivity contribution in [2.45, 2.75) is 19.4 Å². The Kier molecular flexibility index (Phi) is 7.09. The minimum atomic E-state index is -0.0352. The number of benzene rings is 1. The lowest BCUT2D eigenvalue weighted by atomic mass is 10.1. The normalized spacial score (nSPS) is 11.3. The summed E-state index contributed by atoms with van der Waals surface area (Å²) in [6, 6.07) is 7.44. The molecule has 0 fully saturated rings. The van der Waals surface area contributed by atoms with Crippen LogP contribution in [0.15, 0.2) is 24.3 Å². The quantitative estimate of drug-likeness (QED) is 0.807. The van der Waals surface area contributed by atoms with Crippen molar-refractivity contribution in [1.82, 2.24) is 5.32 Å². The van der Waals surface area contributed by atoms with Crippen LogP contribution in [0.2, 0.25) is 0 Å². The summed E-state index contributed by atoms with van der Waals surface area (Å²) in [6.07, 6.45) is 3.04. The number of nitrogens with one attached hydrogen (secondary N) is 1. The number of amides is 1. The predicted molar refractivity (Wildman–Crippen MR) is 82.3 cm³/mol. The van der Waals surface area contributed by atoms with E-state index in [4.69, 9.17) is 5.73 Å². The highest BCUT2D eigenvalue weighted by Crippen LogP contribution is 2.05. The van der Waals surface area contributed by atoms with Gasteiger partial charge in [0.05, 0.1) is 6.54 Å². The van der Waals surface area contributed by atoms with E-state index in [2.05, 4.69) is 23.4 Å². The van der Waals surface area contributed by atoms with Gasteiger partial charge in [0.1, 0.15) is 0 Å². The molecule has 1 aromatic rings. The number of nitrogens with two attached hydrogens (primary N) is 1. The monoisotopic (exact) mass is 276 g/mol. The molecule has 0 radical (unpaired) electrons. The summed E-state index contributed by atoms with van der Waals surface area (Å²) in [4.78, 5) is 12.0. The molecule has 102 valence electrons. The first-order valence-corrected chi connectivity index (χ1v) is 7.65. The lowest BCUT2D eigenvalue weighted by Gasteiger charge is -2.13. The standard InChI is InChI=1S/C15H20N2OS/c1-12(9-11-19-2)17-15(18)14-7-5-13(6-8-14)4-3-10-16/h5-8,12H,9-11,16H2,1-2H3,(H,17,18). The van der Waals surface area contributed by atoms with E-state index in [1.807, 2.05) is 19.1 Å². The fraction of sp³-hybridized carbons (Fsp3) is 0.400. The van der Waals surface area contributed by atoms with Crippen molar-refractivity contribution >= 4 is 17.7 Å². The fourth-order valence-corrected chi connectivity index (χ4v) is 2.12. The number of carbonyl (C=O) groups excluding carboxylic acids is 1. The van der Waals surface area contributed by atoms with E-state index in [1.54, 1.807) is 23.9 Å². The average Bonchev–Trinajstić information content (AvgIpc) is 2.43. The van der Waals surface area contributed by atoms with Gasteiger partial charge in [-0.2, -0.15) is 11.8 Å². The molecule has 1 aromatic carbocycles. The van der Waals surface area contributed by atoms with Crippen molar-refractivity contribution in [3.05, 3.63) is 35.4 Å². The summed E-state index contributed by atoms with van der Waals surface area (Å²) < 4.78 is 0. The Morgan fingerprint density at radius 3 is 2.68 bits per heavy atom. The molecule has 1 rings (SSSR count). The van der Waals surface area contributed by atoms with Crippen LogP contribution in [0.4, 0.5) is 0 Å². The number of hydrogen-bond donors (Lipinski definition) is 2. The van der Waals surface area contributed by atoms with Gasteiger partial charge in [-0.05, 0) is 49.6 Å². The molecule has 0 aliphatic heterocycles. The highest BCUT2D eigenvalue weighted by Gasteiger charge is 2.08. The molecular formula is C15H20N2OS. The van der Waals surface area contributed by atoms with Crippen LogP contribution in [0.3, 0.4) is 0 Å². The van der Waals surface area contributed by atoms with E-state index in [-0.39, 0.29) is 11.9 Å². The smallest absolute Gasteiger partial charge is 0.251 e. The van der Waals surface area contributed by atoms with Crippen molar-refractivity contribution in [3.8, 4) is 11.8 Å². The van der Waals surface area contributed by atoms with E-state index < -0.39 is 0 Å². The SMILES string of the molecule is CSCCC(C)NC(=O)c1ccc(C#CCN)cc1. The van der Waals surface area contributed by atoms with E-state index >= 15 is 0 Å². The Labute approximate surface area is 119 Å². The van der Waals surface area contributed by atoms with E-state index in [0.717, 1.165) is 17.7 Å². The van der Waals surface area contributed by atoms with Crippen LogP contribution in [0.25, 0.3) is 0 Å². The number of thioether (sulfide) groups is 1. The Balaban J connectivity index is 2.57. The first-order chi connectivity index (χ1) is 9.17. The van der Waals surface area contributed by atoms with Crippen LogP contribution in [0, 0.1) is 11.8 Å². The van der Waals surface area contributed by atoms with Gasteiger partial charge in [-0.3, -0.25) is 4.79 Å². The van der Waals surface area contributed by atoms with E-state index in [0.29, 0.717) is 12.1 Å². The molecule has 0 saturated carbocycles. The number of carbonyl (C=O) groups is 1. The molecule has 1 atom stereocenters. The van der Waals surface area contributed by atoms with Gasteiger partial charge in [0.2, 0.25) is 0 Å². The van der Waals surface area contributed by atoms with Crippen molar-refractivity contribution in [2.24, 2.45) is 5.73 Å².